The lowest BCUT2D eigenvalue weighted by Gasteiger charge is -2.24. The smallest absolute Gasteiger partial charge is 0.327 e. The molecular weight excluding hydrogens is 246 g/mol. The second-order valence-electron chi connectivity index (χ2n) is 4.40. The molecular formula is C14H15NO4. The zero-order valence-corrected chi connectivity index (χ0v) is 10.6. The maximum atomic E-state index is 11.6. The predicted octanol–water partition coefficient (Wildman–Crippen LogP) is 1.96. The first kappa shape index (κ1) is 13.1. The Bertz CT molecular complexity index is 598. The molecule has 0 amide bonds. The zero-order valence-electron chi connectivity index (χ0n) is 10.6. The summed E-state index contributed by atoms with van der Waals surface area (Å²) in [6, 6.07) is 1.72. The standard InChI is InChI=1S/C14H15NO4/c1-9-8-10-12(6-7-15-14(10)18)19-11(9)4-2-3-5-13(16)17/h3,5-8,11H,2,4H2,1H3,(H,15,18)(H,16,17)/b5-3+. The predicted molar refractivity (Wildman–Crippen MR) is 71.1 cm³/mol. The lowest BCUT2D eigenvalue weighted by molar-refractivity contribution is -0.131. The maximum Gasteiger partial charge on any atom is 0.327 e. The highest BCUT2D eigenvalue weighted by atomic mass is 16.5. The Morgan fingerprint density at radius 3 is 3.11 bits per heavy atom. The van der Waals surface area contributed by atoms with E-state index in [1.807, 2.05) is 13.0 Å². The summed E-state index contributed by atoms with van der Waals surface area (Å²) in [7, 11) is 0. The number of H-pyrrole nitrogens is 1. The van der Waals surface area contributed by atoms with Gasteiger partial charge in [0.15, 0.2) is 0 Å². The summed E-state index contributed by atoms with van der Waals surface area (Å²) in [5.74, 6) is -0.379. The Morgan fingerprint density at radius 2 is 2.37 bits per heavy atom. The monoisotopic (exact) mass is 261 g/mol. The van der Waals surface area contributed by atoms with Gasteiger partial charge in [-0.2, -0.15) is 0 Å². The molecule has 0 aliphatic carbocycles. The van der Waals surface area contributed by atoms with Crippen molar-refractivity contribution in [3.05, 3.63) is 45.9 Å². The molecule has 1 aliphatic heterocycles. The summed E-state index contributed by atoms with van der Waals surface area (Å²) in [4.78, 5) is 24.5. The van der Waals surface area contributed by atoms with E-state index < -0.39 is 5.97 Å². The van der Waals surface area contributed by atoms with Gasteiger partial charge in [-0.3, -0.25) is 4.79 Å². The van der Waals surface area contributed by atoms with Crippen LogP contribution in [0, 0.1) is 0 Å². The summed E-state index contributed by atoms with van der Waals surface area (Å²) in [5.41, 5.74) is 1.34. The van der Waals surface area contributed by atoms with Crippen molar-refractivity contribution in [2.75, 3.05) is 0 Å². The van der Waals surface area contributed by atoms with E-state index >= 15 is 0 Å². The molecule has 0 saturated carbocycles. The van der Waals surface area contributed by atoms with Crippen molar-refractivity contribution < 1.29 is 14.6 Å². The van der Waals surface area contributed by atoms with Crippen LogP contribution in [0.1, 0.15) is 25.3 Å². The molecule has 1 aromatic rings. The molecule has 19 heavy (non-hydrogen) atoms. The van der Waals surface area contributed by atoms with Crippen LogP contribution in [-0.2, 0) is 4.79 Å². The van der Waals surface area contributed by atoms with Gasteiger partial charge in [0.05, 0.1) is 5.56 Å². The van der Waals surface area contributed by atoms with Crippen molar-refractivity contribution in [1.82, 2.24) is 4.98 Å². The van der Waals surface area contributed by atoms with Crippen molar-refractivity contribution in [2.45, 2.75) is 25.9 Å². The van der Waals surface area contributed by atoms with E-state index in [4.69, 9.17) is 9.84 Å². The average Bonchev–Trinajstić information content (AvgIpc) is 2.36. The van der Waals surface area contributed by atoms with Crippen LogP contribution >= 0.6 is 0 Å². The number of pyridine rings is 1. The number of rotatable bonds is 4. The topological polar surface area (TPSA) is 79.4 Å². The van der Waals surface area contributed by atoms with Crippen molar-refractivity contribution in [1.29, 1.82) is 0 Å². The van der Waals surface area contributed by atoms with Gasteiger partial charge >= 0.3 is 5.97 Å². The van der Waals surface area contributed by atoms with Crippen LogP contribution in [0.25, 0.3) is 6.08 Å². The van der Waals surface area contributed by atoms with Crippen molar-refractivity contribution in [3.63, 3.8) is 0 Å². The molecule has 2 heterocycles. The number of nitrogens with one attached hydrogen (secondary N) is 1. The number of allylic oxidation sites excluding steroid dienone is 1. The first-order valence-corrected chi connectivity index (χ1v) is 6.04. The van der Waals surface area contributed by atoms with E-state index in [2.05, 4.69) is 4.98 Å². The third-order valence-corrected chi connectivity index (χ3v) is 2.96. The SMILES string of the molecule is CC1=Cc2c(cc[nH]c2=O)OC1CC/C=C/C(=O)O. The molecule has 0 spiro atoms. The first-order valence-electron chi connectivity index (χ1n) is 6.04. The van der Waals surface area contributed by atoms with Gasteiger partial charge in [-0.05, 0) is 37.5 Å². The van der Waals surface area contributed by atoms with Gasteiger partial charge in [-0.15, -0.1) is 0 Å². The molecule has 0 fully saturated rings. The van der Waals surface area contributed by atoms with Gasteiger partial charge in [-0.1, -0.05) is 6.08 Å². The highest BCUT2D eigenvalue weighted by molar-refractivity contribution is 5.79. The fourth-order valence-corrected chi connectivity index (χ4v) is 2.00. The average molecular weight is 261 g/mol. The molecule has 1 unspecified atom stereocenters. The van der Waals surface area contributed by atoms with Crippen molar-refractivity contribution in [3.8, 4) is 5.75 Å². The van der Waals surface area contributed by atoms with E-state index in [-0.39, 0.29) is 11.7 Å². The van der Waals surface area contributed by atoms with Crippen molar-refractivity contribution in [2.24, 2.45) is 0 Å². The lowest BCUT2D eigenvalue weighted by atomic mass is 10.0. The number of carbonyl (C=O) groups is 1. The Balaban J connectivity index is 2.08. The van der Waals surface area contributed by atoms with Gasteiger partial charge in [0.25, 0.3) is 5.56 Å². The number of hydrogen-bond acceptors (Lipinski definition) is 3. The fraction of sp³-hybridized carbons (Fsp3) is 0.286. The molecule has 5 nitrogen and oxygen atoms in total. The number of fused-ring (bicyclic) bond motifs is 1. The van der Waals surface area contributed by atoms with E-state index in [1.165, 1.54) is 0 Å². The zero-order chi connectivity index (χ0) is 13.8. The molecule has 0 radical (unpaired) electrons. The van der Waals surface area contributed by atoms with Gasteiger partial charge in [0.2, 0.25) is 0 Å². The van der Waals surface area contributed by atoms with E-state index in [1.54, 1.807) is 18.3 Å². The molecule has 100 valence electrons. The number of ether oxygens (including phenoxy) is 1. The molecule has 0 bridgehead atoms. The van der Waals surface area contributed by atoms with Crippen LogP contribution in [-0.4, -0.2) is 22.2 Å². The summed E-state index contributed by atoms with van der Waals surface area (Å²) < 4.78 is 5.76. The van der Waals surface area contributed by atoms with E-state index in [0.717, 1.165) is 11.6 Å². The minimum Gasteiger partial charge on any atom is -0.485 e. The van der Waals surface area contributed by atoms with E-state index in [0.29, 0.717) is 24.2 Å². The quantitative estimate of drug-likeness (QED) is 0.812. The number of carboxylic acids is 1. The normalized spacial score (nSPS) is 17.7. The van der Waals surface area contributed by atoms with Gasteiger partial charge < -0.3 is 14.8 Å². The molecule has 2 rings (SSSR count). The maximum absolute atomic E-state index is 11.6. The summed E-state index contributed by atoms with van der Waals surface area (Å²) in [6.45, 7) is 1.90. The van der Waals surface area contributed by atoms with Gasteiger partial charge in [0, 0.05) is 12.3 Å². The third-order valence-electron chi connectivity index (χ3n) is 2.96. The Hall–Kier alpha value is -2.30. The summed E-state index contributed by atoms with van der Waals surface area (Å²) in [6.07, 6.45) is 7.28. The van der Waals surface area contributed by atoms with Crippen LogP contribution in [0.15, 0.2) is 34.8 Å². The van der Waals surface area contributed by atoms with Crippen LogP contribution in [0.4, 0.5) is 0 Å². The largest absolute Gasteiger partial charge is 0.485 e. The number of carboxylic acid groups (broad SMARTS) is 1. The first-order chi connectivity index (χ1) is 9.08. The minimum atomic E-state index is -0.950. The molecule has 1 atom stereocenters. The number of aliphatic carboxylic acids is 1. The third kappa shape index (κ3) is 3.13. The van der Waals surface area contributed by atoms with Crippen molar-refractivity contribution >= 4 is 12.0 Å². The second kappa shape index (κ2) is 5.56. The molecule has 2 N–H and O–H groups in total. The Labute approximate surface area is 110 Å². The number of hydrogen-bond donors (Lipinski definition) is 2. The molecule has 1 aliphatic rings. The van der Waals surface area contributed by atoms with Crippen LogP contribution in [0.2, 0.25) is 0 Å². The van der Waals surface area contributed by atoms with Crippen LogP contribution < -0.4 is 10.3 Å². The number of aromatic amines is 1. The fourth-order valence-electron chi connectivity index (χ4n) is 2.00. The molecule has 0 saturated heterocycles. The molecule has 1 aromatic heterocycles. The van der Waals surface area contributed by atoms with E-state index in [9.17, 15) is 9.59 Å². The van der Waals surface area contributed by atoms with Gasteiger partial charge in [-0.25, -0.2) is 4.79 Å². The summed E-state index contributed by atoms with van der Waals surface area (Å²) >= 11 is 0. The second-order valence-corrected chi connectivity index (χ2v) is 4.40. The highest BCUT2D eigenvalue weighted by Gasteiger charge is 2.20. The highest BCUT2D eigenvalue weighted by Crippen LogP contribution is 2.28. The van der Waals surface area contributed by atoms with Crippen LogP contribution in [0.3, 0.4) is 0 Å². The Morgan fingerprint density at radius 1 is 1.58 bits per heavy atom. The molecule has 0 aromatic carbocycles. The lowest BCUT2D eigenvalue weighted by Crippen LogP contribution is -2.24. The van der Waals surface area contributed by atoms with Crippen LogP contribution in [0.5, 0.6) is 5.75 Å². The summed E-state index contributed by atoms with van der Waals surface area (Å²) in [5, 5.41) is 8.50. The molecule has 5 heteroatoms. The minimum absolute atomic E-state index is 0.118. The Kier molecular flexibility index (Phi) is 3.85. The number of aromatic nitrogens is 1. The van der Waals surface area contributed by atoms with Gasteiger partial charge in [0.1, 0.15) is 11.9 Å².